The van der Waals surface area contributed by atoms with Gasteiger partial charge >= 0.3 is 5.97 Å². The number of ether oxygens (including phenoxy) is 3. The summed E-state index contributed by atoms with van der Waals surface area (Å²) >= 11 is 0. The molecule has 0 spiro atoms. The van der Waals surface area contributed by atoms with Gasteiger partial charge in [0.25, 0.3) is 0 Å². The number of methoxy groups -OCH3 is 1. The van der Waals surface area contributed by atoms with Gasteiger partial charge in [-0.3, -0.25) is 4.79 Å². The average molecular weight is 331 g/mol. The Morgan fingerprint density at radius 2 is 1.96 bits per heavy atom. The molecule has 128 valence electrons. The lowest BCUT2D eigenvalue weighted by molar-refractivity contribution is -0.143. The van der Waals surface area contributed by atoms with Gasteiger partial charge in [-0.2, -0.15) is 5.26 Å². The number of nitriles is 1. The fourth-order valence-electron chi connectivity index (χ4n) is 3.57. The summed E-state index contributed by atoms with van der Waals surface area (Å²) in [6.45, 7) is 1.06. The zero-order valence-corrected chi connectivity index (χ0v) is 13.7. The van der Waals surface area contributed by atoms with Gasteiger partial charge in [-0.1, -0.05) is 0 Å². The number of carbonyl (C=O) groups is 1. The molecule has 3 rings (SSSR count). The monoisotopic (exact) mass is 331 g/mol. The van der Waals surface area contributed by atoms with Crippen LogP contribution >= 0.6 is 0 Å². The number of carboxylic acids is 1. The number of hydrogen-bond acceptors (Lipinski definition) is 5. The number of nitrogens with zero attached hydrogens (tertiary/aromatic N) is 1. The highest BCUT2D eigenvalue weighted by atomic mass is 16.5. The second-order valence-corrected chi connectivity index (χ2v) is 6.33. The Hall–Kier alpha value is -2.42. The van der Waals surface area contributed by atoms with Gasteiger partial charge in [-0.15, -0.1) is 0 Å². The van der Waals surface area contributed by atoms with Crippen LogP contribution in [0.4, 0.5) is 0 Å². The van der Waals surface area contributed by atoms with E-state index >= 15 is 0 Å². The minimum Gasteiger partial charge on any atom is -0.493 e. The third kappa shape index (κ3) is 2.75. The molecule has 0 aromatic heterocycles. The van der Waals surface area contributed by atoms with Crippen LogP contribution in [0, 0.1) is 17.2 Å². The van der Waals surface area contributed by atoms with E-state index < -0.39 is 11.4 Å². The molecule has 1 aliphatic heterocycles. The Labute approximate surface area is 140 Å². The van der Waals surface area contributed by atoms with Gasteiger partial charge < -0.3 is 19.3 Å². The predicted molar refractivity (Wildman–Crippen MR) is 85.5 cm³/mol. The molecule has 1 aromatic carbocycles. The van der Waals surface area contributed by atoms with Crippen LogP contribution in [-0.4, -0.2) is 31.4 Å². The Balaban J connectivity index is 2.02. The summed E-state index contributed by atoms with van der Waals surface area (Å²) in [5, 5.41) is 19.1. The summed E-state index contributed by atoms with van der Waals surface area (Å²) in [6.07, 6.45) is 2.75. The molecule has 0 unspecified atom stereocenters. The van der Waals surface area contributed by atoms with Crippen molar-refractivity contribution >= 4 is 5.97 Å². The highest BCUT2D eigenvalue weighted by Gasteiger charge is 2.42. The first-order valence-corrected chi connectivity index (χ1v) is 8.22. The van der Waals surface area contributed by atoms with Crippen LogP contribution in [0.1, 0.15) is 37.7 Å². The van der Waals surface area contributed by atoms with E-state index in [0.717, 1.165) is 12.0 Å². The smallest absolute Gasteiger partial charge is 0.306 e. The standard InChI is InChI=1S/C18H21NO5/c1-22-14-4-3-13(15-16(14)24-10-2-9-23-15)18(11-19)7-5-12(6-8-18)17(20)21/h3-4,12H,2,5-10H2,1H3,(H,20,21)/t12-,18+. The van der Waals surface area contributed by atoms with Crippen LogP contribution in [0.3, 0.4) is 0 Å². The van der Waals surface area contributed by atoms with Crippen molar-refractivity contribution in [2.24, 2.45) is 5.92 Å². The van der Waals surface area contributed by atoms with Crippen LogP contribution in [-0.2, 0) is 10.2 Å². The second-order valence-electron chi connectivity index (χ2n) is 6.33. The quantitative estimate of drug-likeness (QED) is 0.916. The van der Waals surface area contributed by atoms with E-state index in [0.29, 0.717) is 56.1 Å². The minimum absolute atomic E-state index is 0.375. The van der Waals surface area contributed by atoms with Gasteiger partial charge in [0.15, 0.2) is 11.5 Å². The highest BCUT2D eigenvalue weighted by Crippen LogP contribution is 2.50. The topological polar surface area (TPSA) is 88.8 Å². The zero-order valence-electron chi connectivity index (χ0n) is 13.7. The lowest BCUT2D eigenvalue weighted by atomic mass is 9.67. The first-order chi connectivity index (χ1) is 11.6. The molecule has 1 heterocycles. The van der Waals surface area contributed by atoms with Crippen molar-refractivity contribution < 1.29 is 24.1 Å². The van der Waals surface area contributed by atoms with Crippen LogP contribution in [0.25, 0.3) is 0 Å². The number of carboxylic acid groups (broad SMARTS) is 1. The summed E-state index contributed by atoms with van der Waals surface area (Å²) in [5.41, 5.74) is 0.0438. The van der Waals surface area contributed by atoms with E-state index in [1.165, 1.54) is 0 Å². The lowest BCUT2D eigenvalue weighted by Crippen LogP contribution is -2.33. The van der Waals surface area contributed by atoms with E-state index in [-0.39, 0.29) is 5.92 Å². The third-order valence-corrected chi connectivity index (χ3v) is 5.00. The maximum atomic E-state index is 11.2. The van der Waals surface area contributed by atoms with Crippen molar-refractivity contribution in [1.82, 2.24) is 0 Å². The number of aliphatic carboxylic acids is 1. The van der Waals surface area contributed by atoms with Gasteiger partial charge in [-0.25, -0.2) is 0 Å². The summed E-state index contributed by atoms with van der Waals surface area (Å²) in [4.78, 5) is 11.2. The van der Waals surface area contributed by atoms with Crippen LogP contribution < -0.4 is 14.2 Å². The number of hydrogen-bond donors (Lipinski definition) is 1. The summed E-state index contributed by atoms with van der Waals surface area (Å²) < 4.78 is 17.1. The largest absolute Gasteiger partial charge is 0.493 e. The number of fused-ring (bicyclic) bond motifs is 1. The summed E-state index contributed by atoms with van der Waals surface area (Å²) in [7, 11) is 1.57. The molecular formula is C18H21NO5. The van der Waals surface area contributed by atoms with Gasteiger partial charge in [0, 0.05) is 12.0 Å². The van der Waals surface area contributed by atoms with E-state index in [1.807, 2.05) is 6.07 Å². The molecule has 1 aliphatic carbocycles. The lowest BCUT2D eigenvalue weighted by Gasteiger charge is -2.35. The molecule has 1 N–H and O–H groups in total. The molecule has 0 saturated heterocycles. The van der Waals surface area contributed by atoms with Crippen molar-refractivity contribution in [2.75, 3.05) is 20.3 Å². The van der Waals surface area contributed by atoms with Crippen molar-refractivity contribution in [3.05, 3.63) is 17.7 Å². The molecule has 0 amide bonds. The molecule has 0 radical (unpaired) electrons. The third-order valence-electron chi connectivity index (χ3n) is 5.00. The second kappa shape index (κ2) is 6.60. The maximum absolute atomic E-state index is 11.2. The van der Waals surface area contributed by atoms with Crippen LogP contribution in [0.5, 0.6) is 17.2 Å². The number of rotatable bonds is 3. The molecule has 1 saturated carbocycles. The summed E-state index contributed by atoms with van der Waals surface area (Å²) in [5.74, 6) is 0.544. The van der Waals surface area contributed by atoms with E-state index in [9.17, 15) is 15.2 Å². The van der Waals surface area contributed by atoms with Crippen LogP contribution in [0.2, 0.25) is 0 Å². The fraction of sp³-hybridized carbons (Fsp3) is 0.556. The predicted octanol–water partition coefficient (Wildman–Crippen LogP) is 2.89. The maximum Gasteiger partial charge on any atom is 0.306 e. The SMILES string of the molecule is COc1ccc([C@]2(C#N)CC[C@H](C(=O)O)CC2)c2c1OCCCO2. The molecule has 1 fully saturated rings. The van der Waals surface area contributed by atoms with E-state index in [1.54, 1.807) is 13.2 Å². The molecule has 1 aromatic rings. The molecule has 6 nitrogen and oxygen atoms in total. The highest BCUT2D eigenvalue weighted by molar-refractivity contribution is 5.70. The Kier molecular flexibility index (Phi) is 4.52. The fourth-order valence-corrected chi connectivity index (χ4v) is 3.57. The van der Waals surface area contributed by atoms with Gasteiger partial charge in [0.2, 0.25) is 5.75 Å². The minimum atomic E-state index is -0.783. The van der Waals surface area contributed by atoms with Crippen LogP contribution in [0.15, 0.2) is 12.1 Å². The Morgan fingerprint density at radius 3 is 2.54 bits per heavy atom. The molecule has 24 heavy (non-hydrogen) atoms. The van der Waals surface area contributed by atoms with Gasteiger partial charge in [0.05, 0.1) is 37.7 Å². The number of benzene rings is 1. The normalized spacial score (nSPS) is 26.1. The van der Waals surface area contributed by atoms with Crippen molar-refractivity contribution in [1.29, 1.82) is 5.26 Å². The molecule has 0 atom stereocenters. The molecule has 0 bridgehead atoms. The first-order valence-electron chi connectivity index (χ1n) is 8.22. The van der Waals surface area contributed by atoms with Crippen molar-refractivity contribution in [3.8, 4) is 23.3 Å². The van der Waals surface area contributed by atoms with E-state index in [2.05, 4.69) is 6.07 Å². The average Bonchev–Trinajstić information content (AvgIpc) is 2.87. The molecular weight excluding hydrogens is 310 g/mol. The van der Waals surface area contributed by atoms with Crippen molar-refractivity contribution in [3.63, 3.8) is 0 Å². The van der Waals surface area contributed by atoms with Gasteiger partial charge in [-0.05, 0) is 37.8 Å². The first kappa shape index (κ1) is 16.4. The van der Waals surface area contributed by atoms with Crippen molar-refractivity contribution in [2.45, 2.75) is 37.5 Å². The van der Waals surface area contributed by atoms with E-state index in [4.69, 9.17) is 14.2 Å². The Bertz CT molecular complexity index is 671. The summed E-state index contributed by atoms with van der Waals surface area (Å²) in [6, 6.07) is 6.09. The molecule has 2 aliphatic rings. The van der Waals surface area contributed by atoms with Gasteiger partial charge in [0.1, 0.15) is 0 Å². The molecule has 6 heteroatoms. The zero-order chi connectivity index (χ0) is 17.2. The Morgan fingerprint density at radius 1 is 1.29 bits per heavy atom.